The molecule has 8 heteroatoms. The van der Waals surface area contributed by atoms with E-state index in [4.69, 9.17) is 4.42 Å². The summed E-state index contributed by atoms with van der Waals surface area (Å²) in [6.07, 6.45) is 2.67. The predicted octanol–water partition coefficient (Wildman–Crippen LogP) is 3.39. The van der Waals surface area contributed by atoms with Crippen LogP contribution >= 0.6 is 11.8 Å². The molecule has 2 aromatic rings. The number of rotatable bonds is 3. The average Bonchev–Trinajstić information content (AvgIpc) is 3.26. The maximum absolute atomic E-state index is 12.6. The number of hydrogen-bond acceptors (Lipinski definition) is 6. The quantitative estimate of drug-likeness (QED) is 0.475. The van der Waals surface area contributed by atoms with Crippen LogP contribution in [0.2, 0.25) is 0 Å². The number of nitrogens with zero attached hydrogens (tertiary/aromatic N) is 2. The summed E-state index contributed by atoms with van der Waals surface area (Å²) in [5, 5.41) is 10.3. The summed E-state index contributed by atoms with van der Waals surface area (Å²) in [5.74, 6) is -0.615. The predicted molar refractivity (Wildman–Crippen MR) is 90.8 cm³/mol. The Balaban J connectivity index is 1.56. The van der Waals surface area contributed by atoms with Gasteiger partial charge in [-0.25, -0.2) is 0 Å². The van der Waals surface area contributed by atoms with Gasteiger partial charge >= 0.3 is 5.88 Å². The first-order valence-corrected chi connectivity index (χ1v) is 8.42. The Kier molecular flexibility index (Phi) is 3.69. The van der Waals surface area contributed by atoms with Crippen molar-refractivity contribution in [3.05, 3.63) is 68.3 Å². The summed E-state index contributed by atoms with van der Waals surface area (Å²) in [6, 6.07) is 10.3. The highest BCUT2D eigenvalue weighted by Crippen LogP contribution is 2.37. The number of benzene rings is 1. The highest BCUT2D eigenvalue weighted by molar-refractivity contribution is 8.18. The van der Waals surface area contributed by atoms with Crippen molar-refractivity contribution in [2.75, 3.05) is 0 Å². The zero-order chi connectivity index (χ0) is 17.6. The third kappa shape index (κ3) is 2.74. The van der Waals surface area contributed by atoms with Crippen LogP contribution in [0.5, 0.6) is 0 Å². The lowest BCUT2D eigenvalue weighted by Gasteiger charge is -2.20. The molecule has 1 aromatic carbocycles. The number of nitro groups is 1. The van der Waals surface area contributed by atoms with Crippen LogP contribution in [0.4, 0.5) is 10.7 Å². The zero-order valence-electron chi connectivity index (χ0n) is 12.9. The number of amides is 2. The Bertz CT molecular complexity index is 908. The van der Waals surface area contributed by atoms with Crippen LogP contribution in [0.3, 0.4) is 0 Å². The van der Waals surface area contributed by atoms with Gasteiger partial charge in [-0.1, -0.05) is 24.3 Å². The molecule has 0 bridgehead atoms. The van der Waals surface area contributed by atoms with E-state index in [1.165, 1.54) is 23.1 Å². The Morgan fingerprint density at radius 2 is 1.84 bits per heavy atom. The van der Waals surface area contributed by atoms with E-state index in [-0.39, 0.29) is 27.9 Å². The first kappa shape index (κ1) is 15.6. The number of thioether (sulfide) groups is 1. The van der Waals surface area contributed by atoms with Crippen molar-refractivity contribution in [2.24, 2.45) is 0 Å². The molecule has 1 aromatic heterocycles. The van der Waals surface area contributed by atoms with E-state index in [0.717, 1.165) is 22.9 Å². The molecule has 1 aliphatic carbocycles. The Morgan fingerprint density at radius 3 is 2.44 bits per heavy atom. The molecule has 126 valence electrons. The molecule has 2 aliphatic rings. The SMILES string of the molecule is O=C1S/C(=C\c2ccc([N+](=O)[O-])o2)C(=O)N1C1Cc2ccccc2C1. The normalized spacial score (nSPS) is 19.0. The maximum Gasteiger partial charge on any atom is 0.433 e. The lowest BCUT2D eigenvalue weighted by molar-refractivity contribution is -0.402. The minimum absolute atomic E-state index is 0.173. The van der Waals surface area contributed by atoms with E-state index < -0.39 is 10.8 Å². The molecule has 0 saturated carbocycles. The number of fused-ring (bicyclic) bond motifs is 1. The zero-order valence-corrected chi connectivity index (χ0v) is 13.7. The first-order chi connectivity index (χ1) is 12.0. The van der Waals surface area contributed by atoms with Gasteiger partial charge in [0.2, 0.25) is 0 Å². The minimum atomic E-state index is -0.654. The van der Waals surface area contributed by atoms with Crippen LogP contribution in [0.15, 0.2) is 45.7 Å². The summed E-state index contributed by atoms with van der Waals surface area (Å²) in [4.78, 5) is 36.5. The molecule has 1 fully saturated rings. The number of carbonyl (C=O) groups is 2. The van der Waals surface area contributed by atoms with Crippen LogP contribution < -0.4 is 0 Å². The van der Waals surface area contributed by atoms with Gasteiger partial charge in [-0.2, -0.15) is 0 Å². The van der Waals surface area contributed by atoms with Crippen LogP contribution in [0.1, 0.15) is 16.9 Å². The third-order valence-electron chi connectivity index (χ3n) is 4.28. The van der Waals surface area contributed by atoms with Crippen molar-refractivity contribution in [2.45, 2.75) is 18.9 Å². The molecule has 1 aliphatic heterocycles. The van der Waals surface area contributed by atoms with Gasteiger partial charge in [-0.05, 0) is 41.8 Å². The fourth-order valence-corrected chi connectivity index (χ4v) is 4.04. The van der Waals surface area contributed by atoms with Crippen LogP contribution in [-0.2, 0) is 17.6 Å². The van der Waals surface area contributed by atoms with Crippen LogP contribution in [-0.4, -0.2) is 27.0 Å². The van der Waals surface area contributed by atoms with Gasteiger partial charge in [0.25, 0.3) is 11.1 Å². The molecule has 2 amide bonds. The topological polar surface area (TPSA) is 93.7 Å². The van der Waals surface area contributed by atoms with E-state index in [0.29, 0.717) is 12.8 Å². The molecule has 0 unspecified atom stereocenters. The molecule has 0 atom stereocenters. The van der Waals surface area contributed by atoms with E-state index in [2.05, 4.69) is 0 Å². The maximum atomic E-state index is 12.6. The second-order valence-corrected chi connectivity index (χ2v) is 6.81. The summed E-state index contributed by atoms with van der Waals surface area (Å²) in [7, 11) is 0. The highest BCUT2D eigenvalue weighted by Gasteiger charge is 2.42. The van der Waals surface area contributed by atoms with Crippen molar-refractivity contribution in [1.82, 2.24) is 4.90 Å². The fraction of sp³-hybridized carbons (Fsp3) is 0.176. The van der Waals surface area contributed by atoms with Crippen molar-refractivity contribution in [3.8, 4) is 0 Å². The first-order valence-electron chi connectivity index (χ1n) is 7.61. The fourth-order valence-electron chi connectivity index (χ4n) is 3.16. The minimum Gasteiger partial charge on any atom is -0.401 e. The number of imide groups is 1. The van der Waals surface area contributed by atoms with Crippen molar-refractivity contribution in [1.29, 1.82) is 0 Å². The van der Waals surface area contributed by atoms with Crippen molar-refractivity contribution < 1.29 is 18.9 Å². The largest absolute Gasteiger partial charge is 0.433 e. The van der Waals surface area contributed by atoms with E-state index in [9.17, 15) is 19.7 Å². The molecule has 0 spiro atoms. The molecule has 0 N–H and O–H groups in total. The Morgan fingerprint density at radius 1 is 1.16 bits per heavy atom. The van der Waals surface area contributed by atoms with Crippen molar-refractivity contribution in [3.63, 3.8) is 0 Å². The van der Waals surface area contributed by atoms with Crippen molar-refractivity contribution >= 4 is 34.9 Å². The summed E-state index contributed by atoms with van der Waals surface area (Å²) >= 11 is 0.829. The summed E-state index contributed by atoms with van der Waals surface area (Å²) in [6.45, 7) is 0. The molecular formula is C17H12N2O5S. The van der Waals surface area contributed by atoms with Crippen LogP contribution in [0, 0.1) is 10.1 Å². The van der Waals surface area contributed by atoms with Gasteiger partial charge < -0.3 is 4.42 Å². The summed E-state index contributed by atoms with van der Waals surface area (Å²) < 4.78 is 5.03. The molecule has 4 rings (SSSR count). The Labute approximate surface area is 146 Å². The standard InChI is InChI=1S/C17H12N2O5S/c20-16-14(9-13-5-6-15(24-13)19(22)23)25-17(21)18(16)12-7-10-3-1-2-4-11(10)8-12/h1-6,9,12H,7-8H2/b14-9-. The number of carbonyl (C=O) groups excluding carboxylic acids is 2. The lowest BCUT2D eigenvalue weighted by Crippen LogP contribution is -2.39. The second-order valence-electron chi connectivity index (χ2n) is 5.82. The number of hydrogen-bond donors (Lipinski definition) is 0. The van der Waals surface area contributed by atoms with Gasteiger partial charge in [-0.15, -0.1) is 0 Å². The van der Waals surface area contributed by atoms with Gasteiger partial charge in [-0.3, -0.25) is 24.6 Å². The molecule has 2 heterocycles. The van der Waals surface area contributed by atoms with Gasteiger partial charge in [0.05, 0.1) is 11.0 Å². The molecule has 25 heavy (non-hydrogen) atoms. The van der Waals surface area contributed by atoms with E-state index in [1.807, 2.05) is 24.3 Å². The molecule has 7 nitrogen and oxygen atoms in total. The molecule has 1 saturated heterocycles. The van der Waals surface area contributed by atoms with Gasteiger partial charge in [0.15, 0.2) is 0 Å². The third-order valence-corrected chi connectivity index (χ3v) is 5.17. The van der Waals surface area contributed by atoms with Gasteiger partial charge in [0.1, 0.15) is 10.7 Å². The lowest BCUT2D eigenvalue weighted by atomic mass is 10.1. The summed E-state index contributed by atoms with van der Waals surface area (Å²) in [5.41, 5.74) is 2.30. The second kappa shape index (κ2) is 5.89. The van der Waals surface area contributed by atoms with E-state index in [1.54, 1.807) is 0 Å². The molecule has 0 radical (unpaired) electrons. The Hall–Kier alpha value is -2.87. The monoisotopic (exact) mass is 356 g/mol. The highest BCUT2D eigenvalue weighted by atomic mass is 32.2. The number of furan rings is 1. The van der Waals surface area contributed by atoms with Gasteiger partial charge in [0, 0.05) is 12.1 Å². The molecular weight excluding hydrogens is 344 g/mol. The van der Waals surface area contributed by atoms with Crippen LogP contribution in [0.25, 0.3) is 6.08 Å². The smallest absolute Gasteiger partial charge is 0.401 e. The average molecular weight is 356 g/mol. The van der Waals surface area contributed by atoms with E-state index >= 15 is 0 Å².